The van der Waals surface area contributed by atoms with Gasteiger partial charge >= 0.3 is 5.97 Å². The molecule has 2 aromatic rings. The Balaban J connectivity index is 1.35. The van der Waals surface area contributed by atoms with Crippen LogP contribution in [-0.4, -0.2) is 61.9 Å². The molecule has 0 radical (unpaired) electrons. The molecule has 1 amide bonds. The maximum atomic E-state index is 14.0. The number of piperidine rings is 2. The minimum absolute atomic E-state index is 0.0712. The molecule has 4 aliphatic rings. The van der Waals surface area contributed by atoms with Gasteiger partial charge in [-0.3, -0.25) is 14.5 Å². The van der Waals surface area contributed by atoms with Gasteiger partial charge < -0.3 is 20.2 Å². The first kappa shape index (κ1) is 26.9. The molecule has 1 aromatic heterocycles. The Hall–Kier alpha value is -3.27. The van der Waals surface area contributed by atoms with Gasteiger partial charge in [0, 0.05) is 24.2 Å². The molecule has 10 nitrogen and oxygen atoms in total. The van der Waals surface area contributed by atoms with Gasteiger partial charge in [0.05, 0.1) is 11.0 Å². The number of amides is 1. The molecule has 4 fully saturated rings. The highest BCUT2D eigenvalue weighted by atomic mass is 16.6. The molecule has 6 rings (SSSR count). The van der Waals surface area contributed by atoms with E-state index in [0.717, 1.165) is 37.5 Å². The Bertz CT molecular complexity index is 1340. The highest BCUT2D eigenvalue weighted by Gasteiger charge is 2.45. The number of hydrogen-bond donors (Lipinski definition) is 2. The summed E-state index contributed by atoms with van der Waals surface area (Å²) >= 11 is 0. The lowest BCUT2D eigenvalue weighted by molar-refractivity contribution is -0.130. The van der Waals surface area contributed by atoms with Crippen LogP contribution in [0.15, 0.2) is 34.2 Å². The number of carboxylic acids is 1. The first-order chi connectivity index (χ1) is 19.4. The van der Waals surface area contributed by atoms with Crippen LogP contribution in [0.25, 0.3) is 11.0 Å². The standard InChI is InChI=1S/C30H39N5O5/c31-26(36)17-40-33-28(30(38)39)27-29(37)35(25-11-4-3-10-24(25)32-27)23-15-20-8-5-9-21(16-23)34(20)22-13-18-6-1-2-7-19(12-18)14-22/h3-4,10-11,18-23H,1-2,5-9,12-17H2,(H2,31,36)(H,38,39)/b33-28-. The number of carbonyl (C=O) groups excluding carboxylic acids is 1. The van der Waals surface area contributed by atoms with Gasteiger partial charge in [0.1, 0.15) is 0 Å². The van der Waals surface area contributed by atoms with Crippen LogP contribution in [0.3, 0.4) is 0 Å². The SMILES string of the molecule is NC(=O)CO/N=C(\C(=O)O)c1nc2ccccc2n(C2CC3CCCC(C2)N3C2CC3CCCCC(C3)C2)c1=O. The van der Waals surface area contributed by atoms with Crippen LogP contribution in [0.5, 0.6) is 0 Å². The second-order valence-corrected chi connectivity index (χ2v) is 12.3. The molecular formula is C30H39N5O5. The molecule has 3 heterocycles. The third kappa shape index (κ3) is 5.25. The Morgan fingerprint density at radius 2 is 1.60 bits per heavy atom. The van der Waals surface area contributed by atoms with E-state index < -0.39 is 29.8 Å². The van der Waals surface area contributed by atoms with Crippen molar-refractivity contribution in [1.29, 1.82) is 0 Å². The monoisotopic (exact) mass is 549 g/mol. The predicted octanol–water partition coefficient (Wildman–Crippen LogP) is 3.60. The summed E-state index contributed by atoms with van der Waals surface area (Å²) in [6, 6.07) is 8.73. The number of carboxylic acid groups (broad SMARTS) is 1. The molecule has 10 heteroatoms. The number of hydrogen-bond acceptors (Lipinski definition) is 7. The van der Waals surface area contributed by atoms with Crippen molar-refractivity contribution in [2.24, 2.45) is 22.7 Å². The fraction of sp³-hybridized carbons (Fsp3) is 0.633. The molecule has 2 saturated heterocycles. The lowest BCUT2D eigenvalue weighted by Crippen LogP contribution is -2.58. The maximum Gasteiger partial charge on any atom is 0.360 e. The minimum Gasteiger partial charge on any atom is -0.476 e. The van der Waals surface area contributed by atoms with Crippen molar-refractivity contribution in [3.05, 3.63) is 40.3 Å². The zero-order valence-electron chi connectivity index (χ0n) is 22.9. The smallest absolute Gasteiger partial charge is 0.360 e. The van der Waals surface area contributed by atoms with E-state index in [0.29, 0.717) is 29.2 Å². The Morgan fingerprint density at radius 1 is 0.925 bits per heavy atom. The summed E-state index contributed by atoms with van der Waals surface area (Å²) < 4.78 is 1.76. The second kappa shape index (κ2) is 11.3. The molecule has 40 heavy (non-hydrogen) atoms. The zero-order chi connectivity index (χ0) is 27.8. The van der Waals surface area contributed by atoms with Gasteiger partial charge in [-0.05, 0) is 68.9 Å². The molecule has 2 aliphatic heterocycles. The van der Waals surface area contributed by atoms with Crippen molar-refractivity contribution in [1.82, 2.24) is 14.5 Å². The lowest BCUT2D eigenvalue weighted by atomic mass is 9.73. The van der Waals surface area contributed by atoms with E-state index in [1.54, 1.807) is 10.6 Å². The van der Waals surface area contributed by atoms with E-state index >= 15 is 0 Å². The van der Waals surface area contributed by atoms with Crippen molar-refractivity contribution in [3.8, 4) is 0 Å². The Labute approximate surface area is 233 Å². The first-order valence-electron chi connectivity index (χ1n) is 14.9. The van der Waals surface area contributed by atoms with Crippen LogP contribution < -0.4 is 11.3 Å². The largest absolute Gasteiger partial charge is 0.476 e. The van der Waals surface area contributed by atoms with Gasteiger partial charge in [-0.1, -0.05) is 49.4 Å². The highest BCUT2D eigenvalue weighted by molar-refractivity contribution is 6.41. The molecule has 4 unspecified atom stereocenters. The molecule has 4 bridgehead atoms. The second-order valence-electron chi connectivity index (χ2n) is 12.3. The van der Waals surface area contributed by atoms with Crippen molar-refractivity contribution < 1.29 is 19.5 Å². The van der Waals surface area contributed by atoms with Crippen LogP contribution in [0.2, 0.25) is 0 Å². The van der Waals surface area contributed by atoms with E-state index in [9.17, 15) is 19.5 Å². The number of oxime groups is 1. The Kier molecular flexibility index (Phi) is 7.61. The van der Waals surface area contributed by atoms with Gasteiger partial charge in [0.25, 0.3) is 11.5 Å². The van der Waals surface area contributed by atoms with Crippen LogP contribution >= 0.6 is 0 Å². The number of benzene rings is 1. The Morgan fingerprint density at radius 3 is 2.25 bits per heavy atom. The summed E-state index contributed by atoms with van der Waals surface area (Å²) in [6.07, 6.45) is 14.7. The van der Waals surface area contributed by atoms with Gasteiger partial charge in [-0.2, -0.15) is 0 Å². The number of fused-ring (bicyclic) bond motifs is 5. The van der Waals surface area contributed by atoms with Crippen molar-refractivity contribution in [2.45, 2.75) is 101 Å². The number of rotatable bonds is 7. The number of nitrogens with zero attached hydrogens (tertiary/aromatic N) is 4. The number of para-hydroxylation sites is 2. The molecule has 214 valence electrons. The molecule has 0 spiro atoms. The van der Waals surface area contributed by atoms with E-state index in [1.165, 1.54) is 51.4 Å². The maximum absolute atomic E-state index is 14.0. The average molecular weight is 550 g/mol. The molecule has 2 aliphatic carbocycles. The van der Waals surface area contributed by atoms with E-state index in [4.69, 9.17) is 10.6 Å². The number of aliphatic carboxylic acids is 1. The van der Waals surface area contributed by atoms with Crippen LogP contribution in [0.4, 0.5) is 0 Å². The lowest BCUT2D eigenvalue weighted by Gasteiger charge is -2.54. The van der Waals surface area contributed by atoms with Gasteiger partial charge in [-0.25, -0.2) is 9.78 Å². The average Bonchev–Trinajstić information content (AvgIpc) is 3.09. The van der Waals surface area contributed by atoms with Gasteiger partial charge in [0.15, 0.2) is 12.3 Å². The predicted molar refractivity (Wildman–Crippen MR) is 150 cm³/mol. The van der Waals surface area contributed by atoms with E-state index in [2.05, 4.69) is 15.0 Å². The van der Waals surface area contributed by atoms with Crippen LogP contribution in [0, 0.1) is 11.8 Å². The fourth-order valence-electron chi connectivity index (χ4n) is 8.32. The van der Waals surface area contributed by atoms with E-state index in [1.807, 2.05) is 18.2 Å². The normalized spacial score (nSPS) is 30.9. The molecule has 4 atom stereocenters. The summed E-state index contributed by atoms with van der Waals surface area (Å²) in [5.74, 6) is -0.552. The van der Waals surface area contributed by atoms with E-state index in [-0.39, 0.29) is 11.7 Å². The molecular weight excluding hydrogens is 510 g/mol. The van der Waals surface area contributed by atoms with Gasteiger partial charge in [0.2, 0.25) is 5.71 Å². The summed E-state index contributed by atoms with van der Waals surface area (Å²) in [5.41, 5.74) is 4.89. The molecule has 1 aromatic carbocycles. The highest BCUT2D eigenvalue weighted by Crippen LogP contribution is 2.47. The first-order valence-corrected chi connectivity index (χ1v) is 14.9. The summed E-state index contributed by atoms with van der Waals surface area (Å²) in [4.78, 5) is 49.3. The number of primary amides is 1. The summed E-state index contributed by atoms with van der Waals surface area (Å²) in [7, 11) is 0. The minimum atomic E-state index is -1.46. The third-order valence-electron chi connectivity index (χ3n) is 9.73. The van der Waals surface area contributed by atoms with Crippen LogP contribution in [0.1, 0.15) is 88.8 Å². The third-order valence-corrected chi connectivity index (χ3v) is 9.73. The summed E-state index contributed by atoms with van der Waals surface area (Å²) in [5, 5.41) is 13.5. The van der Waals surface area contributed by atoms with Crippen molar-refractivity contribution in [2.75, 3.05) is 6.61 Å². The van der Waals surface area contributed by atoms with Crippen molar-refractivity contribution in [3.63, 3.8) is 0 Å². The van der Waals surface area contributed by atoms with Crippen LogP contribution in [-0.2, 0) is 14.4 Å². The number of carbonyl (C=O) groups is 2. The zero-order valence-corrected chi connectivity index (χ0v) is 22.9. The number of aromatic nitrogens is 2. The van der Waals surface area contributed by atoms with Crippen molar-refractivity contribution >= 4 is 28.6 Å². The summed E-state index contributed by atoms with van der Waals surface area (Å²) in [6.45, 7) is -0.594. The van der Waals surface area contributed by atoms with Gasteiger partial charge in [-0.15, -0.1) is 0 Å². The fourth-order valence-corrected chi connectivity index (χ4v) is 8.32. The topological polar surface area (TPSA) is 140 Å². The molecule has 2 saturated carbocycles. The molecule has 3 N–H and O–H groups in total. The quantitative estimate of drug-likeness (QED) is 0.397. The number of nitrogens with two attached hydrogens (primary N) is 1.